The van der Waals surface area contributed by atoms with Crippen LogP contribution in [0.4, 0.5) is 5.69 Å². The van der Waals surface area contributed by atoms with Crippen LogP contribution in [-0.2, 0) is 11.4 Å². The number of hydrogen-bond donors (Lipinski definition) is 1. The second kappa shape index (κ2) is 9.41. The van der Waals surface area contributed by atoms with Gasteiger partial charge in [-0.1, -0.05) is 48.0 Å². The number of nitrogens with zero attached hydrogens (tertiary/aromatic N) is 1. The minimum absolute atomic E-state index is 0.169. The van der Waals surface area contributed by atoms with Crippen LogP contribution in [0.25, 0.3) is 6.08 Å². The summed E-state index contributed by atoms with van der Waals surface area (Å²) < 4.78 is 6.00. The number of hydrogen-bond acceptors (Lipinski definition) is 4. The average Bonchev–Trinajstić information content (AvgIpc) is 3.09. The summed E-state index contributed by atoms with van der Waals surface area (Å²) in [5, 5.41) is 4.08. The molecule has 1 aliphatic rings. The number of rotatable bonds is 5. The predicted octanol–water partition coefficient (Wildman–Crippen LogP) is 6.43. The third-order valence-electron chi connectivity index (χ3n) is 4.86. The standard InChI is InChI=1S/C25H21ClN2O2S/c1-16-10-11-21(12-17(16)2)27-25-28-24(29)23(31-25)14-19-7-3-4-9-22(19)30-15-18-6-5-8-20(26)13-18/h3-14H,15H2,1-2H3,(H,27,28,29)/b23-14-. The highest BCUT2D eigenvalue weighted by Crippen LogP contribution is 2.31. The molecule has 1 amide bonds. The first-order chi connectivity index (χ1) is 15.0. The highest BCUT2D eigenvalue weighted by atomic mass is 35.5. The van der Waals surface area contributed by atoms with Gasteiger partial charge in [-0.05, 0) is 78.7 Å². The second-order valence-corrected chi connectivity index (χ2v) is 8.67. The Morgan fingerprint density at radius 1 is 1.03 bits per heavy atom. The van der Waals surface area contributed by atoms with E-state index in [-0.39, 0.29) is 5.91 Å². The lowest BCUT2D eigenvalue weighted by Crippen LogP contribution is -2.19. The van der Waals surface area contributed by atoms with Crippen LogP contribution in [-0.4, -0.2) is 11.1 Å². The van der Waals surface area contributed by atoms with E-state index < -0.39 is 0 Å². The van der Waals surface area contributed by atoms with Gasteiger partial charge >= 0.3 is 0 Å². The van der Waals surface area contributed by atoms with Gasteiger partial charge < -0.3 is 10.1 Å². The molecule has 0 unspecified atom stereocenters. The largest absolute Gasteiger partial charge is 0.488 e. The van der Waals surface area contributed by atoms with Gasteiger partial charge in [-0.2, -0.15) is 0 Å². The fourth-order valence-corrected chi connectivity index (χ4v) is 4.10. The molecule has 0 aliphatic carbocycles. The molecular formula is C25H21ClN2O2S. The molecule has 3 aromatic rings. The molecule has 4 rings (SSSR count). The minimum Gasteiger partial charge on any atom is -0.488 e. The van der Waals surface area contributed by atoms with E-state index in [0.29, 0.717) is 27.5 Å². The highest BCUT2D eigenvalue weighted by Gasteiger charge is 2.24. The minimum atomic E-state index is -0.169. The van der Waals surface area contributed by atoms with Crippen LogP contribution in [0.1, 0.15) is 22.3 Å². The molecule has 0 bridgehead atoms. The molecule has 1 aliphatic heterocycles. The number of carbonyl (C=O) groups excluding carboxylic acids is 1. The lowest BCUT2D eigenvalue weighted by Gasteiger charge is -2.10. The van der Waals surface area contributed by atoms with Crippen molar-refractivity contribution in [2.45, 2.75) is 20.5 Å². The van der Waals surface area contributed by atoms with Crippen molar-refractivity contribution in [3.63, 3.8) is 0 Å². The van der Waals surface area contributed by atoms with Gasteiger partial charge in [0.05, 0.1) is 10.6 Å². The summed E-state index contributed by atoms with van der Waals surface area (Å²) in [6.45, 7) is 4.50. The van der Waals surface area contributed by atoms with Crippen LogP contribution in [0.3, 0.4) is 0 Å². The number of ether oxygens (including phenoxy) is 1. The smallest absolute Gasteiger partial charge is 0.264 e. The molecule has 0 saturated carbocycles. The van der Waals surface area contributed by atoms with Gasteiger partial charge in [0.1, 0.15) is 12.4 Å². The molecule has 1 fully saturated rings. The zero-order valence-electron chi connectivity index (χ0n) is 17.2. The Bertz CT molecular complexity index is 1200. The SMILES string of the molecule is Cc1ccc(N=C2NC(=O)/C(=C/c3ccccc3OCc3cccc(Cl)c3)S2)cc1C. The Morgan fingerprint density at radius 2 is 1.87 bits per heavy atom. The molecule has 156 valence electrons. The number of amidine groups is 1. The number of benzene rings is 3. The monoisotopic (exact) mass is 448 g/mol. The maximum Gasteiger partial charge on any atom is 0.264 e. The normalized spacial score (nSPS) is 16.0. The van der Waals surface area contributed by atoms with Gasteiger partial charge in [0.15, 0.2) is 5.17 Å². The molecule has 1 N–H and O–H groups in total. The van der Waals surface area contributed by atoms with Crippen molar-refractivity contribution in [1.29, 1.82) is 0 Å². The fraction of sp³-hybridized carbons (Fsp3) is 0.120. The number of aliphatic imine (C=N–C) groups is 1. The first-order valence-electron chi connectivity index (χ1n) is 9.81. The van der Waals surface area contributed by atoms with E-state index in [0.717, 1.165) is 22.4 Å². The number of thioether (sulfide) groups is 1. The van der Waals surface area contributed by atoms with Gasteiger partial charge in [-0.15, -0.1) is 0 Å². The Labute approximate surface area is 191 Å². The molecule has 1 saturated heterocycles. The van der Waals surface area contributed by atoms with Crippen molar-refractivity contribution in [3.8, 4) is 5.75 Å². The summed E-state index contributed by atoms with van der Waals surface area (Å²) in [7, 11) is 0. The molecule has 31 heavy (non-hydrogen) atoms. The zero-order valence-corrected chi connectivity index (χ0v) is 18.8. The number of para-hydroxylation sites is 1. The number of carbonyl (C=O) groups is 1. The van der Waals surface area contributed by atoms with Gasteiger partial charge in [0, 0.05) is 10.6 Å². The number of nitrogens with one attached hydrogen (secondary N) is 1. The zero-order chi connectivity index (χ0) is 21.8. The van der Waals surface area contributed by atoms with Gasteiger partial charge in [0.2, 0.25) is 0 Å². The van der Waals surface area contributed by atoms with E-state index in [1.54, 1.807) is 0 Å². The van der Waals surface area contributed by atoms with E-state index in [1.165, 1.54) is 17.3 Å². The first-order valence-corrected chi connectivity index (χ1v) is 11.0. The maximum atomic E-state index is 12.5. The maximum absolute atomic E-state index is 12.5. The third-order valence-corrected chi connectivity index (χ3v) is 6.01. The molecule has 3 aromatic carbocycles. The van der Waals surface area contributed by atoms with E-state index in [9.17, 15) is 4.79 Å². The Balaban J connectivity index is 1.52. The Hall–Kier alpha value is -3.02. The van der Waals surface area contributed by atoms with Crippen molar-refractivity contribution < 1.29 is 9.53 Å². The second-order valence-electron chi connectivity index (χ2n) is 7.21. The van der Waals surface area contributed by atoms with Gasteiger partial charge in [-0.25, -0.2) is 4.99 Å². The number of halogens is 1. The predicted molar refractivity (Wildman–Crippen MR) is 129 cm³/mol. The van der Waals surface area contributed by atoms with Crippen molar-refractivity contribution >= 4 is 46.2 Å². The van der Waals surface area contributed by atoms with Crippen molar-refractivity contribution in [2.24, 2.45) is 4.99 Å². The molecule has 4 nitrogen and oxygen atoms in total. The molecular weight excluding hydrogens is 428 g/mol. The van der Waals surface area contributed by atoms with Crippen molar-refractivity contribution in [2.75, 3.05) is 0 Å². The highest BCUT2D eigenvalue weighted by molar-refractivity contribution is 8.18. The van der Waals surface area contributed by atoms with E-state index in [1.807, 2.05) is 79.7 Å². The fourth-order valence-electron chi connectivity index (χ4n) is 3.05. The summed E-state index contributed by atoms with van der Waals surface area (Å²) in [4.78, 5) is 17.6. The lowest BCUT2D eigenvalue weighted by molar-refractivity contribution is -0.115. The van der Waals surface area contributed by atoms with Gasteiger partial charge in [0.25, 0.3) is 5.91 Å². The molecule has 0 aromatic heterocycles. The van der Waals surface area contributed by atoms with Crippen molar-refractivity contribution in [1.82, 2.24) is 5.32 Å². The summed E-state index contributed by atoms with van der Waals surface area (Å²) in [6, 6.07) is 21.2. The summed E-state index contributed by atoms with van der Waals surface area (Å²) in [5.41, 5.74) is 5.00. The van der Waals surface area contributed by atoms with Gasteiger partial charge in [-0.3, -0.25) is 4.79 Å². The number of aryl methyl sites for hydroxylation is 2. The third kappa shape index (κ3) is 5.37. The molecule has 6 heteroatoms. The summed E-state index contributed by atoms with van der Waals surface area (Å²) >= 11 is 7.37. The topological polar surface area (TPSA) is 50.7 Å². The van der Waals surface area contributed by atoms with E-state index >= 15 is 0 Å². The first kappa shape index (κ1) is 21.2. The van der Waals surface area contributed by atoms with Crippen LogP contribution >= 0.6 is 23.4 Å². The van der Waals surface area contributed by atoms with Crippen LogP contribution in [0, 0.1) is 13.8 Å². The van der Waals surface area contributed by atoms with E-state index in [2.05, 4.69) is 17.2 Å². The quantitative estimate of drug-likeness (QED) is 0.457. The average molecular weight is 449 g/mol. The molecule has 1 heterocycles. The summed E-state index contributed by atoms with van der Waals surface area (Å²) in [6.07, 6.45) is 1.83. The molecule has 0 spiro atoms. The van der Waals surface area contributed by atoms with Crippen LogP contribution < -0.4 is 10.1 Å². The Morgan fingerprint density at radius 3 is 2.68 bits per heavy atom. The van der Waals surface area contributed by atoms with Crippen LogP contribution in [0.2, 0.25) is 5.02 Å². The van der Waals surface area contributed by atoms with Crippen LogP contribution in [0.5, 0.6) is 5.75 Å². The van der Waals surface area contributed by atoms with Crippen molar-refractivity contribution in [3.05, 3.63) is 98.9 Å². The summed E-state index contributed by atoms with van der Waals surface area (Å²) in [5.74, 6) is 0.528. The molecule has 0 atom stereocenters. The number of amides is 1. The van der Waals surface area contributed by atoms with E-state index in [4.69, 9.17) is 16.3 Å². The Kier molecular flexibility index (Phi) is 6.44. The van der Waals surface area contributed by atoms with Crippen LogP contribution in [0.15, 0.2) is 76.6 Å². The lowest BCUT2D eigenvalue weighted by atomic mass is 10.1. The molecule has 0 radical (unpaired) electrons.